The van der Waals surface area contributed by atoms with E-state index in [0.29, 0.717) is 17.2 Å². The molecule has 1 aliphatic rings. The van der Waals surface area contributed by atoms with Crippen LogP contribution in [-0.4, -0.2) is 51.8 Å². The monoisotopic (exact) mass is 480 g/mol. The average molecular weight is 481 g/mol. The van der Waals surface area contributed by atoms with Crippen LogP contribution in [0.2, 0.25) is 0 Å². The number of aromatic hydroxyl groups is 1. The maximum Gasteiger partial charge on any atom is 0.242 e. The maximum absolute atomic E-state index is 10.7. The minimum Gasteiger partial charge on any atom is -0.507 e. The van der Waals surface area contributed by atoms with Gasteiger partial charge in [-0.25, -0.2) is 9.97 Å². The number of aromatic nitrogens is 6. The summed E-state index contributed by atoms with van der Waals surface area (Å²) >= 11 is 0. The number of hydrogen-bond donors (Lipinski definition) is 3. The third kappa shape index (κ3) is 4.95. The molecule has 178 valence electrons. The predicted octanol–water partition coefficient (Wildman–Crippen LogP) is 4.10. The van der Waals surface area contributed by atoms with Crippen LogP contribution in [0.4, 0.5) is 5.95 Å². The van der Waals surface area contributed by atoms with Gasteiger partial charge in [0.25, 0.3) is 0 Å². The van der Waals surface area contributed by atoms with Gasteiger partial charge in [0.1, 0.15) is 11.4 Å². The molecule has 5 rings (SSSR count). The summed E-state index contributed by atoms with van der Waals surface area (Å²) in [6.07, 6.45) is 10.7. The molecule has 4 heterocycles. The van der Waals surface area contributed by atoms with Crippen LogP contribution in [0, 0.1) is 0 Å². The second-order valence-electron chi connectivity index (χ2n) is 10.0. The van der Waals surface area contributed by atoms with E-state index < -0.39 is 0 Å². The summed E-state index contributed by atoms with van der Waals surface area (Å²) in [6, 6.07) is 5.63. The van der Waals surface area contributed by atoms with Gasteiger partial charge in [-0.3, -0.25) is 4.98 Å². The van der Waals surface area contributed by atoms with Crippen molar-refractivity contribution in [1.82, 2.24) is 34.9 Å². The molecule has 1 aromatic carbocycles. The molecule has 10 heteroatoms. The molecule has 0 unspecified atom stereocenters. The van der Waals surface area contributed by atoms with E-state index >= 15 is 0 Å². The first-order chi connectivity index (χ1) is 15.7. The number of piperidine rings is 1. The molecule has 0 radical (unpaired) electrons. The highest BCUT2D eigenvalue weighted by Crippen LogP contribution is 2.33. The summed E-state index contributed by atoms with van der Waals surface area (Å²) in [4.78, 5) is 13.1. The second-order valence-corrected chi connectivity index (χ2v) is 10.0. The number of benzene rings is 1. The van der Waals surface area contributed by atoms with Crippen molar-refractivity contribution in [2.75, 3.05) is 5.32 Å². The predicted molar refractivity (Wildman–Crippen MR) is 134 cm³/mol. The van der Waals surface area contributed by atoms with Crippen molar-refractivity contribution in [2.45, 2.75) is 57.7 Å². The van der Waals surface area contributed by atoms with Crippen LogP contribution in [0.15, 0.2) is 49.2 Å². The number of halogens is 1. The first-order valence-corrected chi connectivity index (χ1v) is 11.1. The molecule has 0 spiro atoms. The van der Waals surface area contributed by atoms with Gasteiger partial charge < -0.3 is 20.1 Å². The molecule has 1 fully saturated rings. The highest BCUT2D eigenvalue weighted by atomic mass is 35.5. The number of imidazole rings is 1. The Kier molecular flexibility index (Phi) is 6.18. The SMILES string of the molecule is CC1(C)CC(Nc2ncc(-c3ccc(-c4cn5ccncc5n4)cc3O)nn2)CC(C)(C)N1.Cl. The van der Waals surface area contributed by atoms with Crippen LogP contribution < -0.4 is 10.6 Å². The fourth-order valence-corrected chi connectivity index (χ4v) is 4.96. The van der Waals surface area contributed by atoms with E-state index in [-0.39, 0.29) is 35.3 Å². The third-order valence-electron chi connectivity index (χ3n) is 5.92. The van der Waals surface area contributed by atoms with E-state index in [2.05, 4.69) is 63.5 Å². The molecule has 0 amide bonds. The minimum absolute atomic E-state index is 0. The molecule has 0 atom stereocenters. The molecular formula is C24H29ClN8O. The Morgan fingerprint density at radius 3 is 2.47 bits per heavy atom. The van der Waals surface area contributed by atoms with Gasteiger partial charge in [-0.15, -0.1) is 22.6 Å². The van der Waals surface area contributed by atoms with Gasteiger partial charge in [0, 0.05) is 46.8 Å². The van der Waals surface area contributed by atoms with Gasteiger partial charge in [-0.05, 0) is 52.7 Å². The van der Waals surface area contributed by atoms with Crippen LogP contribution in [0.3, 0.4) is 0 Å². The molecule has 3 aromatic heterocycles. The van der Waals surface area contributed by atoms with Gasteiger partial charge in [-0.2, -0.15) is 0 Å². The van der Waals surface area contributed by atoms with Crippen LogP contribution in [-0.2, 0) is 0 Å². The maximum atomic E-state index is 10.7. The highest BCUT2D eigenvalue weighted by Gasteiger charge is 2.37. The number of phenolic OH excluding ortho intramolecular Hbond substituents is 1. The van der Waals surface area contributed by atoms with E-state index in [0.717, 1.165) is 29.7 Å². The van der Waals surface area contributed by atoms with Crippen molar-refractivity contribution in [3.8, 4) is 28.3 Å². The number of anilines is 1. The van der Waals surface area contributed by atoms with Gasteiger partial charge in [0.15, 0.2) is 5.65 Å². The van der Waals surface area contributed by atoms with E-state index in [1.165, 1.54) is 0 Å². The highest BCUT2D eigenvalue weighted by molar-refractivity contribution is 5.85. The number of rotatable bonds is 4. The molecule has 1 saturated heterocycles. The smallest absolute Gasteiger partial charge is 0.242 e. The third-order valence-corrected chi connectivity index (χ3v) is 5.92. The van der Waals surface area contributed by atoms with Gasteiger partial charge in [-0.1, -0.05) is 6.07 Å². The first kappa shape index (κ1) is 23.8. The number of nitrogens with zero attached hydrogens (tertiary/aromatic N) is 6. The van der Waals surface area contributed by atoms with Crippen molar-refractivity contribution in [3.05, 3.63) is 49.2 Å². The molecule has 1 aliphatic heterocycles. The number of fused-ring (bicyclic) bond motifs is 1. The zero-order chi connectivity index (χ0) is 23.2. The van der Waals surface area contributed by atoms with E-state index in [9.17, 15) is 5.11 Å². The Morgan fingerprint density at radius 2 is 1.82 bits per heavy atom. The lowest BCUT2D eigenvalue weighted by Crippen LogP contribution is -2.60. The van der Waals surface area contributed by atoms with Gasteiger partial charge in [0.05, 0.1) is 18.1 Å². The summed E-state index contributed by atoms with van der Waals surface area (Å²) in [5, 5.41) is 26.3. The van der Waals surface area contributed by atoms with Crippen LogP contribution in [0.1, 0.15) is 40.5 Å². The lowest BCUT2D eigenvalue weighted by Gasteiger charge is -2.46. The van der Waals surface area contributed by atoms with Gasteiger partial charge >= 0.3 is 0 Å². The summed E-state index contributed by atoms with van der Waals surface area (Å²) in [5.41, 5.74) is 3.43. The Labute approximate surface area is 204 Å². The first-order valence-electron chi connectivity index (χ1n) is 11.1. The Balaban J connectivity index is 0.00000274. The largest absolute Gasteiger partial charge is 0.507 e. The van der Waals surface area contributed by atoms with Crippen molar-refractivity contribution < 1.29 is 5.11 Å². The van der Waals surface area contributed by atoms with Gasteiger partial charge in [0.2, 0.25) is 5.95 Å². The summed E-state index contributed by atoms with van der Waals surface area (Å²) < 4.78 is 1.89. The Bertz CT molecular complexity index is 1250. The quantitative estimate of drug-likeness (QED) is 0.400. The molecule has 4 aromatic rings. The fraction of sp³-hybridized carbons (Fsp3) is 0.375. The van der Waals surface area contributed by atoms with Crippen LogP contribution in [0.25, 0.3) is 28.2 Å². The molecule has 0 bridgehead atoms. The van der Waals surface area contributed by atoms with E-state index in [1.54, 1.807) is 24.7 Å². The van der Waals surface area contributed by atoms with Crippen molar-refractivity contribution in [3.63, 3.8) is 0 Å². The minimum atomic E-state index is 0. The summed E-state index contributed by atoms with van der Waals surface area (Å²) in [6.45, 7) is 8.83. The zero-order valence-corrected chi connectivity index (χ0v) is 20.5. The summed E-state index contributed by atoms with van der Waals surface area (Å²) in [5.74, 6) is 0.591. The zero-order valence-electron chi connectivity index (χ0n) is 19.6. The second kappa shape index (κ2) is 8.81. The van der Waals surface area contributed by atoms with Crippen LogP contribution >= 0.6 is 12.4 Å². The molecule has 0 saturated carbocycles. The lowest BCUT2D eigenvalue weighted by atomic mass is 9.80. The standard InChI is InChI=1S/C24H28N8O.ClH/c1-23(2)10-16(11-24(3,4)31-23)27-22-26-12-18(29-30-22)17-6-5-15(9-20(17)33)19-14-32-8-7-25-13-21(32)28-19;/h5-9,12-14,16,31,33H,10-11H2,1-4H3,(H,26,27,30);1H. The number of phenols is 1. The molecule has 34 heavy (non-hydrogen) atoms. The lowest BCUT2D eigenvalue weighted by molar-refractivity contribution is 0.170. The van der Waals surface area contributed by atoms with Crippen LogP contribution in [0.5, 0.6) is 5.75 Å². The van der Waals surface area contributed by atoms with E-state index in [4.69, 9.17) is 0 Å². The summed E-state index contributed by atoms with van der Waals surface area (Å²) in [7, 11) is 0. The van der Waals surface area contributed by atoms with E-state index in [1.807, 2.05) is 28.9 Å². The fourth-order valence-electron chi connectivity index (χ4n) is 4.96. The number of nitrogens with one attached hydrogen (secondary N) is 2. The topological polar surface area (TPSA) is 113 Å². The molecule has 0 aliphatic carbocycles. The average Bonchev–Trinajstić information content (AvgIpc) is 3.16. The van der Waals surface area contributed by atoms with Crippen molar-refractivity contribution in [1.29, 1.82) is 0 Å². The molecule has 9 nitrogen and oxygen atoms in total. The Hall–Kier alpha value is -3.30. The van der Waals surface area contributed by atoms with Crippen molar-refractivity contribution in [2.24, 2.45) is 0 Å². The molecular weight excluding hydrogens is 452 g/mol. The normalized spacial score (nSPS) is 17.3. The number of hydrogen-bond acceptors (Lipinski definition) is 8. The van der Waals surface area contributed by atoms with Crippen molar-refractivity contribution >= 4 is 24.0 Å². The Morgan fingerprint density at radius 1 is 1.06 bits per heavy atom. The molecule has 3 N–H and O–H groups in total.